The summed E-state index contributed by atoms with van der Waals surface area (Å²) in [4.78, 5) is 32.7. The smallest absolute Gasteiger partial charge is 0.387 e. The molecule has 1 atom stereocenters. The average molecular weight is 602 g/mol. The van der Waals surface area contributed by atoms with Crippen molar-refractivity contribution < 1.29 is 37.3 Å². The Morgan fingerprint density at radius 2 is 1.74 bits per heavy atom. The molecule has 206 valence electrons. The van der Waals surface area contributed by atoms with Gasteiger partial charge in [-0.2, -0.15) is 8.78 Å². The molecule has 1 aliphatic rings. The highest BCUT2D eigenvalue weighted by atomic mass is 35.5. The predicted molar refractivity (Wildman–Crippen MR) is 138 cm³/mol. The number of halogens is 5. The SMILES string of the molecule is O=C(COC(=O)c1ccc(Cl)nc1)O[C@@H](Cc1c(Cl)cncc1Cl)c1ccc(OC(F)F)c(OCC2CC2)c1. The first-order chi connectivity index (χ1) is 18.7. The molecule has 0 saturated heterocycles. The van der Waals surface area contributed by atoms with Gasteiger partial charge in [0.25, 0.3) is 0 Å². The third-order valence-electron chi connectivity index (χ3n) is 5.63. The highest BCUT2D eigenvalue weighted by Crippen LogP contribution is 2.37. The number of carbonyl (C=O) groups excluding carboxylic acids is 2. The molecule has 0 N–H and O–H groups in total. The van der Waals surface area contributed by atoms with E-state index in [1.54, 1.807) is 0 Å². The van der Waals surface area contributed by atoms with Crippen LogP contribution < -0.4 is 9.47 Å². The van der Waals surface area contributed by atoms with E-state index in [-0.39, 0.29) is 38.7 Å². The lowest BCUT2D eigenvalue weighted by molar-refractivity contribution is -0.153. The topological polar surface area (TPSA) is 96.8 Å². The van der Waals surface area contributed by atoms with Crippen molar-refractivity contribution in [2.45, 2.75) is 32.0 Å². The van der Waals surface area contributed by atoms with E-state index < -0.39 is 31.3 Å². The Morgan fingerprint density at radius 3 is 2.38 bits per heavy atom. The lowest BCUT2D eigenvalue weighted by Crippen LogP contribution is -2.21. The van der Waals surface area contributed by atoms with Crippen LogP contribution in [0.2, 0.25) is 15.2 Å². The van der Waals surface area contributed by atoms with Crippen molar-refractivity contribution in [2.24, 2.45) is 5.92 Å². The lowest BCUT2D eigenvalue weighted by atomic mass is 10.0. The number of esters is 2. The van der Waals surface area contributed by atoms with Gasteiger partial charge in [-0.15, -0.1) is 0 Å². The number of aromatic nitrogens is 2. The summed E-state index contributed by atoms with van der Waals surface area (Å²) in [5.74, 6) is -1.46. The Hall–Kier alpha value is -3.21. The minimum atomic E-state index is -3.06. The Labute approximate surface area is 237 Å². The highest BCUT2D eigenvalue weighted by Gasteiger charge is 2.26. The summed E-state index contributed by atoms with van der Waals surface area (Å²) in [6.07, 6.45) is 4.91. The monoisotopic (exact) mass is 600 g/mol. The molecule has 4 rings (SSSR count). The number of rotatable bonds is 12. The van der Waals surface area contributed by atoms with Crippen LogP contribution in [0.25, 0.3) is 0 Å². The van der Waals surface area contributed by atoms with E-state index in [0.717, 1.165) is 12.8 Å². The van der Waals surface area contributed by atoms with Gasteiger partial charge in [0.2, 0.25) is 0 Å². The van der Waals surface area contributed by atoms with Gasteiger partial charge in [-0.1, -0.05) is 40.9 Å². The Bertz CT molecular complexity index is 1310. The van der Waals surface area contributed by atoms with Gasteiger partial charge >= 0.3 is 18.6 Å². The largest absolute Gasteiger partial charge is 0.489 e. The van der Waals surface area contributed by atoms with Crippen molar-refractivity contribution in [1.29, 1.82) is 0 Å². The van der Waals surface area contributed by atoms with Crippen molar-refractivity contribution in [2.75, 3.05) is 13.2 Å². The van der Waals surface area contributed by atoms with Crippen molar-refractivity contribution in [3.8, 4) is 11.5 Å². The number of hydrogen-bond donors (Lipinski definition) is 0. The van der Waals surface area contributed by atoms with E-state index in [1.807, 2.05) is 0 Å². The van der Waals surface area contributed by atoms with Crippen LogP contribution in [0.5, 0.6) is 11.5 Å². The number of hydrogen-bond acceptors (Lipinski definition) is 8. The van der Waals surface area contributed by atoms with Gasteiger partial charge in [0.05, 0.1) is 22.2 Å². The third-order valence-corrected chi connectivity index (χ3v) is 6.50. The fourth-order valence-electron chi connectivity index (χ4n) is 3.47. The molecule has 8 nitrogen and oxygen atoms in total. The van der Waals surface area contributed by atoms with Crippen molar-refractivity contribution in [1.82, 2.24) is 9.97 Å². The first-order valence-electron chi connectivity index (χ1n) is 11.7. The van der Waals surface area contributed by atoms with Crippen LogP contribution in [0.1, 0.15) is 40.4 Å². The number of carbonyl (C=O) groups is 2. The molecule has 1 fully saturated rings. The van der Waals surface area contributed by atoms with Crippen LogP contribution >= 0.6 is 34.8 Å². The molecule has 1 saturated carbocycles. The fourth-order valence-corrected chi connectivity index (χ4v) is 4.10. The number of alkyl halides is 2. The van der Waals surface area contributed by atoms with Crippen LogP contribution in [0.3, 0.4) is 0 Å². The zero-order chi connectivity index (χ0) is 27.9. The van der Waals surface area contributed by atoms with E-state index in [1.165, 1.54) is 48.9 Å². The predicted octanol–water partition coefficient (Wildman–Crippen LogP) is 6.51. The molecule has 0 amide bonds. The second kappa shape index (κ2) is 13.2. The summed E-state index contributed by atoms with van der Waals surface area (Å²) < 4.78 is 47.0. The van der Waals surface area contributed by atoms with Gasteiger partial charge in [-0.05, 0) is 54.2 Å². The summed E-state index contributed by atoms with van der Waals surface area (Å²) in [5.41, 5.74) is 0.905. The highest BCUT2D eigenvalue weighted by molar-refractivity contribution is 6.35. The van der Waals surface area contributed by atoms with E-state index >= 15 is 0 Å². The maximum Gasteiger partial charge on any atom is 0.387 e. The molecular weight excluding hydrogens is 581 g/mol. The Kier molecular flexibility index (Phi) is 9.77. The number of pyridine rings is 2. The van der Waals surface area contributed by atoms with Crippen LogP contribution in [0.4, 0.5) is 8.78 Å². The quantitative estimate of drug-likeness (QED) is 0.171. The molecule has 1 aliphatic carbocycles. The van der Waals surface area contributed by atoms with Gasteiger partial charge < -0.3 is 18.9 Å². The van der Waals surface area contributed by atoms with E-state index in [2.05, 4.69) is 14.7 Å². The summed E-state index contributed by atoms with van der Waals surface area (Å²) in [6.45, 7) is -3.45. The molecular formula is C26H21Cl3F2N2O6. The molecule has 2 heterocycles. The maximum atomic E-state index is 13.0. The maximum absolute atomic E-state index is 13.0. The minimum Gasteiger partial charge on any atom is -0.489 e. The van der Waals surface area contributed by atoms with E-state index in [9.17, 15) is 18.4 Å². The van der Waals surface area contributed by atoms with Gasteiger partial charge in [0.1, 0.15) is 11.3 Å². The average Bonchev–Trinajstić information content (AvgIpc) is 3.73. The van der Waals surface area contributed by atoms with E-state index in [4.69, 9.17) is 49.0 Å². The van der Waals surface area contributed by atoms with Gasteiger partial charge in [-0.25, -0.2) is 14.6 Å². The second-order valence-electron chi connectivity index (χ2n) is 8.55. The van der Waals surface area contributed by atoms with Crippen LogP contribution in [-0.2, 0) is 20.7 Å². The summed E-state index contributed by atoms with van der Waals surface area (Å²) in [5, 5.41) is 0.647. The standard InChI is InChI=1S/C26H21Cl3F2N2O6/c27-18-10-32-11-19(28)17(18)8-21(38-24(34)13-37-25(35)16-4-6-23(29)33-9-16)15-3-5-20(39-26(30)31)22(7-15)36-12-14-1-2-14/h3-7,9-11,14,21,26H,1-2,8,12-13H2/t21-/m0/s1. The summed E-state index contributed by atoms with van der Waals surface area (Å²) in [6, 6.07) is 7.00. The summed E-state index contributed by atoms with van der Waals surface area (Å²) >= 11 is 18.3. The summed E-state index contributed by atoms with van der Waals surface area (Å²) in [7, 11) is 0. The van der Waals surface area contributed by atoms with Gasteiger partial charge in [0, 0.05) is 25.0 Å². The number of ether oxygens (including phenoxy) is 4. The Morgan fingerprint density at radius 1 is 1.00 bits per heavy atom. The Balaban J connectivity index is 1.55. The molecule has 0 bridgehead atoms. The molecule has 39 heavy (non-hydrogen) atoms. The first-order valence-corrected chi connectivity index (χ1v) is 12.8. The van der Waals surface area contributed by atoms with Crippen molar-refractivity contribution in [3.05, 3.63) is 80.8 Å². The van der Waals surface area contributed by atoms with Crippen LogP contribution in [0, 0.1) is 5.92 Å². The molecule has 3 aromatic rings. The van der Waals surface area contributed by atoms with Crippen LogP contribution in [0.15, 0.2) is 48.9 Å². The zero-order valence-corrected chi connectivity index (χ0v) is 22.4. The van der Waals surface area contributed by atoms with Crippen LogP contribution in [-0.4, -0.2) is 41.7 Å². The lowest BCUT2D eigenvalue weighted by Gasteiger charge is -2.21. The second-order valence-corrected chi connectivity index (χ2v) is 9.75. The number of benzene rings is 1. The third kappa shape index (κ3) is 8.39. The molecule has 1 aromatic carbocycles. The number of nitrogens with zero attached hydrogens (tertiary/aromatic N) is 2. The molecule has 2 aromatic heterocycles. The molecule has 0 unspecified atom stereocenters. The molecule has 0 aliphatic heterocycles. The van der Waals surface area contributed by atoms with Gasteiger partial charge in [0.15, 0.2) is 18.1 Å². The van der Waals surface area contributed by atoms with Crippen molar-refractivity contribution in [3.63, 3.8) is 0 Å². The van der Waals surface area contributed by atoms with Gasteiger partial charge in [-0.3, -0.25) is 4.98 Å². The van der Waals surface area contributed by atoms with Crippen molar-refractivity contribution >= 4 is 46.7 Å². The fraction of sp³-hybridized carbons (Fsp3) is 0.308. The molecule has 0 spiro atoms. The zero-order valence-electron chi connectivity index (χ0n) is 20.1. The molecule has 0 radical (unpaired) electrons. The first kappa shape index (κ1) is 28.8. The normalized spacial score (nSPS) is 13.6. The molecule has 13 heteroatoms. The minimum absolute atomic E-state index is 0.00189. The van der Waals surface area contributed by atoms with E-state index in [0.29, 0.717) is 23.7 Å².